The number of sulfonamides is 1. The Morgan fingerprint density at radius 3 is 2.87 bits per heavy atom. The summed E-state index contributed by atoms with van der Waals surface area (Å²) in [4.78, 5) is 11.2. The smallest absolute Gasteiger partial charge is 0.217 e. The van der Waals surface area contributed by atoms with Crippen molar-refractivity contribution in [3.63, 3.8) is 0 Å². The number of aromatic nitrogens is 2. The Labute approximate surface area is 181 Å². The maximum Gasteiger partial charge on any atom is 0.217 e. The first-order valence-corrected chi connectivity index (χ1v) is 12.9. The minimum Gasteiger partial charge on any atom is -0.297 e. The first kappa shape index (κ1) is 20.1. The van der Waals surface area contributed by atoms with Crippen molar-refractivity contribution in [1.29, 1.82) is 0 Å². The number of pyridine rings is 1. The second-order valence-corrected chi connectivity index (χ2v) is 11.4. The number of rotatable bonds is 4. The summed E-state index contributed by atoms with van der Waals surface area (Å²) in [7, 11) is -3.29. The van der Waals surface area contributed by atoms with E-state index in [-0.39, 0.29) is 17.2 Å². The molecule has 0 N–H and O–H groups in total. The van der Waals surface area contributed by atoms with Crippen molar-refractivity contribution in [3.8, 4) is 0 Å². The summed E-state index contributed by atoms with van der Waals surface area (Å²) >= 11 is 1.66. The number of benzene rings is 1. The first-order chi connectivity index (χ1) is 14.5. The fourth-order valence-electron chi connectivity index (χ4n) is 4.88. The van der Waals surface area contributed by atoms with E-state index in [9.17, 15) is 8.42 Å². The van der Waals surface area contributed by atoms with Crippen molar-refractivity contribution in [2.75, 3.05) is 19.6 Å². The highest BCUT2D eigenvalue weighted by molar-refractivity contribution is 7.90. The van der Waals surface area contributed by atoms with Gasteiger partial charge in [-0.3, -0.25) is 9.88 Å². The lowest BCUT2D eigenvalue weighted by atomic mass is 10.0. The molecule has 0 radical (unpaired) electrons. The molecule has 1 aromatic carbocycles. The third-order valence-electron chi connectivity index (χ3n) is 6.64. The van der Waals surface area contributed by atoms with Crippen LogP contribution in [0.25, 0.3) is 10.2 Å². The molecular weight excluding hydrogens is 416 g/mol. The van der Waals surface area contributed by atoms with Gasteiger partial charge >= 0.3 is 0 Å². The number of fused-ring (bicyclic) bond motifs is 2. The molecule has 0 spiro atoms. The third-order valence-corrected chi connectivity index (χ3v) is 9.84. The van der Waals surface area contributed by atoms with Crippen molar-refractivity contribution in [1.82, 2.24) is 19.2 Å². The van der Waals surface area contributed by atoms with Gasteiger partial charge in [0.05, 0.1) is 33.2 Å². The van der Waals surface area contributed by atoms with E-state index < -0.39 is 10.0 Å². The molecule has 8 heteroatoms. The maximum atomic E-state index is 13.2. The largest absolute Gasteiger partial charge is 0.297 e. The molecule has 6 nitrogen and oxygen atoms in total. The maximum absolute atomic E-state index is 13.2. The Morgan fingerprint density at radius 2 is 2.03 bits per heavy atom. The average molecular weight is 443 g/mol. The highest BCUT2D eigenvalue weighted by Gasteiger charge is 2.47. The van der Waals surface area contributed by atoms with Crippen molar-refractivity contribution >= 4 is 31.6 Å². The van der Waals surface area contributed by atoms with Crippen LogP contribution in [0.2, 0.25) is 0 Å². The summed E-state index contributed by atoms with van der Waals surface area (Å²) in [5.74, 6) is 0.192. The first-order valence-electron chi connectivity index (χ1n) is 10.5. The fourth-order valence-corrected chi connectivity index (χ4v) is 7.74. The summed E-state index contributed by atoms with van der Waals surface area (Å²) in [6.45, 7) is 4.93. The van der Waals surface area contributed by atoms with E-state index in [4.69, 9.17) is 0 Å². The molecule has 3 aromatic rings. The van der Waals surface area contributed by atoms with Crippen LogP contribution in [0, 0.1) is 5.92 Å². The highest BCUT2D eigenvalue weighted by Crippen LogP contribution is 2.37. The van der Waals surface area contributed by atoms with E-state index in [1.807, 2.05) is 23.7 Å². The molecule has 4 heterocycles. The van der Waals surface area contributed by atoms with Gasteiger partial charge in [-0.15, -0.1) is 11.3 Å². The van der Waals surface area contributed by atoms with Gasteiger partial charge in [-0.1, -0.05) is 12.1 Å². The summed E-state index contributed by atoms with van der Waals surface area (Å²) in [6.07, 6.45) is 3.32. The Morgan fingerprint density at radius 1 is 1.17 bits per heavy atom. The van der Waals surface area contributed by atoms with Crippen LogP contribution in [0.5, 0.6) is 0 Å². The van der Waals surface area contributed by atoms with Crippen LogP contribution in [0.15, 0.2) is 48.1 Å². The Kier molecular flexibility index (Phi) is 5.35. The van der Waals surface area contributed by atoms with E-state index >= 15 is 0 Å². The summed E-state index contributed by atoms with van der Waals surface area (Å²) in [5.41, 5.74) is 4.99. The van der Waals surface area contributed by atoms with Crippen molar-refractivity contribution in [2.45, 2.75) is 37.6 Å². The van der Waals surface area contributed by atoms with E-state index in [1.165, 1.54) is 10.3 Å². The van der Waals surface area contributed by atoms with Gasteiger partial charge in [0, 0.05) is 25.3 Å². The minimum absolute atomic E-state index is 0.192. The van der Waals surface area contributed by atoms with Crippen LogP contribution in [0.1, 0.15) is 37.1 Å². The Hall–Kier alpha value is -1.87. The molecule has 2 fully saturated rings. The van der Waals surface area contributed by atoms with Gasteiger partial charge in [0.1, 0.15) is 0 Å². The zero-order valence-electron chi connectivity index (χ0n) is 17.0. The molecule has 2 aliphatic rings. The van der Waals surface area contributed by atoms with Crippen LogP contribution < -0.4 is 0 Å². The Balaban J connectivity index is 1.29. The molecule has 2 aliphatic heterocycles. The van der Waals surface area contributed by atoms with Crippen molar-refractivity contribution in [2.24, 2.45) is 5.92 Å². The number of thiazole rings is 1. The molecule has 0 bridgehead atoms. The van der Waals surface area contributed by atoms with Gasteiger partial charge in [0.2, 0.25) is 10.0 Å². The molecule has 3 unspecified atom stereocenters. The van der Waals surface area contributed by atoms with Gasteiger partial charge in [0.15, 0.2) is 0 Å². The molecule has 30 heavy (non-hydrogen) atoms. The van der Waals surface area contributed by atoms with Gasteiger partial charge in [-0.2, -0.15) is 4.31 Å². The third kappa shape index (κ3) is 3.66. The van der Waals surface area contributed by atoms with Crippen molar-refractivity contribution in [3.05, 3.63) is 59.4 Å². The molecule has 158 valence electrons. The molecule has 2 saturated heterocycles. The van der Waals surface area contributed by atoms with Crippen LogP contribution in [0.3, 0.4) is 0 Å². The molecule has 0 aliphatic carbocycles. The van der Waals surface area contributed by atoms with Crippen LogP contribution in [0.4, 0.5) is 0 Å². The normalized spacial score (nSPS) is 25.8. The quantitative estimate of drug-likeness (QED) is 0.617. The van der Waals surface area contributed by atoms with Gasteiger partial charge in [0.25, 0.3) is 0 Å². The van der Waals surface area contributed by atoms with E-state index in [0.29, 0.717) is 19.5 Å². The monoisotopic (exact) mass is 442 g/mol. The van der Waals surface area contributed by atoms with Gasteiger partial charge in [-0.25, -0.2) is 13.4 Å². The molecular formula is C22H26N4O2S2. The summed E-state index contributed by atoms with van der Waals surface area (Å²) < 4.78 is 29.3. The molecule has 5 rings (SSSR count). The topological polar surface area (TPSA) is 66.4 Å². The number of nitrogens with zero attached hydrogens (tertiary/aromatic N) is 4. The van der Waals surface area contributed by atoms with E-state index in [1.54, 1.807) is 21.8 Å². The minimum atomic E-state index is -3.29. The van der Waals surface area contributed by atoms with Crippen LogP contribution >= 0.6 is 11.3 Å². The fraction of sp³-hybridized carbons (Fsp3) is 0.455. The number of likely N-dealkylation sites (tertiary alicyclic amines) is 1. The van der Waals surface area contributed by atoms with Gasteiger partial charge in [-0.05, 0) is 62.1 Å². The second kappa shape index (κ2) is 8.00. The zero-order valence-corrected chi connectivity index (χ0v) is 18.6. The Bertz CT molecular complexity index is 1130. The molecule has 0 saturated carbocycles. The van der Waals surface area contributed by atoms with E-state index in [2.05, 4.69) is 40.0 Å². The van der Waals surface area contributed by atoms with Gasteiger partial charge < -0.3 is 0 Å². The summed E-state index contributed by atoms with van der Waals surface area (Å²) in [5, 5.41) is -0.278. The molecule has 0 amide bonds. The second-order valence-electron chi connectivity index (χ2n) is 8.33. The lowest BCUT2D eigenvalue weighted by Gasteiger charge is -2.28. The molecule has 2 aromatic heterocycles. The standard InChI is InChI=1S/C22H26N4O2S2/c1-16(17-5-6-21-20(12-17)24-15-29-21)25-10-7-18-13-26(14-19-4-2-3-9-23-19)30(27,28)22(18)8-11-25/h2-6,9,12,15-16,18,22H,7-8,10-11,13-14H2,1H3. The predicted molar refractivity (Wildman–Crippen MR) is 120 cm³/mol. The number of hydrogen-bond donors (Lipinski definition) is 0. The predicted octanol–water partition coefficient (Wildman–Crippen LogP) is 3.68. The molecule has 3 atom stereocenters. The van der Waals surface area contributed by atoms with Crippen LogP contribution in [-0.2, 0) is 16.6 Å². The lowest BCUT2D eigenvalue weighted by molar-refractivity contribution is 0.213. The van der Waals surface area contributed by atoms with Crippen molar-refractivity contribution < 1.29 is 8.42 Å². The van der Waals surface area contributed by atoms with Crippen LogP contribution in [-0.4, -0.2) is 52.5 Å². The lowest BCUT2D eigenvalue weighted by Crippen LogP contribution is -2.33. The highest BCUT2D eigenvalue weighted by atomic mass is 32.2. The summed E-state index contributed by atoms with van der Waals surface area (Å²) in [6, 6.07) is 12.4. The zero-order chi connectivity index (χ0) is 20.7. The number of hydrogen-bond acceptors (Lipinski definition) is 6. The van der Waals surface area contributed by atoms with E-state index in [0.717, 1.165) is 30.7 Å². The SMILES string of the molecule is CC(c1ccc2scnc2c1)N1CCC2CN(Cc3ccccn3)S(=O)(=O)C2CC1. The average Bonchev–Trinajstić information content (AvgIpc) is 3.22.